The molecule has 28 heavy (non-hydrogen) atoms. The van der Waals surface area contributed by atoms with Gasteiger partial charge in [-0.25, -0.2) is 13.7 Å². The molecule has 6 nitrogen and oxygen atoms in total. The summed E-state index contributed by atoms with van der Waals surface area (Å²) in [5.74, 6) is 0. The van der Waals surface area contributed by atoms with Crippen molar-refractivity contribution in [2.45, 2.75) is 78.9 Å². The molecule has 0 aromatic carbocycles. The first kappa shape index (κ1) is 20.4. The average Bonchev–Trinajstić information content (AvgIpc) is 3.26. The van der Waals surface area contributed by atoms with Crippen molar-refractivity contribution < 1.29 is 13.4 Å². The van der Waals surface area contributed by atoms with Crippen LogP contribution < -0.4 is 13.4 Å². The van der Waals surface area contributed by atoms with Crippen LogP contribution >= 0.6 is 0 Å². The highest BCUT2D eigenvalue weighted by molar-refractivity contribution is 6.28. The van der Waals surface area contributed by atoms with Crippen LogP contribution in [0, 0.1) is 0 Å². The molecular weight excluding hydrogens is 347 g/mol. The molecule has 0 aliphatic carbocycles. The van der Waals surface area contributed by atoms with Crippen LogP contribution in [0.25, 0.3) is 0 Å². The Morgan fingerprint density at radius 3 is 0.929 bits per heavy atom. The zero-order chi connectivity index (χ0) is 20.9. The van der Waals surface area contributed by atoms with E-state index >= 15 is 0 Å². The van der Waals surface area contributed by atoms with Crippen LogP contribution in [-0.2, 0) is 16.6 Å². The Kier molecular flexibility index (Phi) is 4.84. The van der Waals surface area contributed by atoms with Gasteiger partial charge in [0.15, 0.2) is 0 Å². The fraction of sp³-hybridized carbons (Fsp3) is 0.571. The molecule has 0 aliphatic heterocycles. The molecule has 0 N–H and O–H groups in total. The highest BCUT2D eigenvalue weighted by atomic mass is 15.3. The highest BCUT2D eigenvalue weighted by Gasteiger charge is 2.32. The number of rotatable bonds is 3. The third kappa shape index (κ3) is 4.08. The zero-order valence-corrected chi connectivity index (χ0v) is 19.0. The Hall–Kier alpha value is -2.31. The number of nitrogens with zero attached hydrogens (tertiary/aromatic N) is 6. The first-order valence-electron chi connectivity index (χ1n) is 10.0. The van der Waals surface area contributed by atoms with Gasteiger partial charge in [-0.2, -0.15) is 0 Å². The summed E-state index contributed by atoms with van der Waals surface area (Å²) in [5.41, 5.74) is 0.124. The predicted molar refractivity (Wildman–Crippen MR) is 111 cm³/mol. The summed E-state index contributed by atoms with van der Waals surface area (Å²) in [5, 5.41) is 0. The van der Waals surface area contributed by atoms with Crippen molar-refractivity contribution in [2.75, 3.05) is 0 Å². The standard InChI is InChI=1S/C21H36BN6/c1-19(2,3)23-10-13-26(16-23)22(27-14-11-24(17-27)20(4,5)6)28-15-12-25(18-28)21(7,8)9/h10-18H,1-9H3/q+2. The van der Waals surface area contributed by atoms with Crippen molar-refractivity contribution in [3.05, 3.63) is 56.2 Å². The van der Waals surface area contributed by atoms with Gasteiger partial charge in [-0.05, 0) is 62.3 Å². The molecule has 151 valence electrons. The van der Waals surface area contributed by atoms with E-state index in [1.807, 2.05) is 0 Å². The lowest BCUT2D eigenvalue weighted by molar-refractivity contribution is -0.792. The molecule has 3 heterocycles. The minimum atomic E-state index is -0.0178. The van der Waals surface area contributed by atoms with Gasteiger partial charge in [0.1, 0.15) is 35.2 Å². The Labute approximate surface area is 169 Å². The molecule has 3 rings (SSSR count). The number of hydrogen-bond acceptors (Lipinski definition) is 0. The largest absolute Gasteiger partial charge is 0.582 e. The Balaban J connectivity index is 2.10. The minimum absolute atomic E-state index is 0.0178. The summed E-state index contributed by atoms with van der Waals surface area (Å²) in [6, 6.07) is 0. The molecule has 0 unspecified atom stereocenters. The second kappa shape index (κ2) is 6.64. The maximum absolute atomic E-state index is 2.26. The van der Waals surface area contributed by atoms with Crippen LogP contribution in [0.15, 0.2) is 56.2 Å². The van der Waals surface area contributed by atoms with E-state index in [9.17, 15) is 0 Å². The smallest absolute Gasteiger partial charge is 0.370 e. The molecule has 0 fully saturated rings. The summed E-state index contributed by atoms with van der Waals surface area (Å²) in [6.07, 6.45) is 19.5. The first-order valence-corrected chi connectivity index (χ1v) is 10.0. The molecular formula is C21H36BN6+2. The topological polar surface area (TPSA) is 26.4 Å². The van der Waals surface area contributed by atoms with Crippen LogP contribution in [-0.4, -0.2) is 20.8 Å². The van der Waals surface area contributed by atoms with E-state index < -0.39 is 0 Å². The van der Waals surface area contributed by atoms with Crippen LogP contribution in [0.1, 0.15) is 62.3 Å². The van der Waals surface area contributed by atoms with Gasteiger partial charge in [0.05, 0.1) is 18.6 Å². The van der Waals surface area contributed by atoms with Crippen molar-refractivity contribution in [3.8, 4) is 0 Å². The van der Waals surface area contributed by atoms with Crippen molar-refractivity contribution >= 4 is 7.12 Å². The van der Waals surface area contributed by atoms with E-state index in [0.29, 0.717) is 0 Å². The summed E-state index contributed by atoms with van der Waals surface area (Å²) in [6.45, 7) is 20.0. The van der Waals surface area contributed by atoms with Gasteiger partial charge in [0, 0.05) is 0 Å². The number of hydrogen-bond donors (Lipinski definition) is 0. The second-order valence-corrected chi connectivity index (χ2v) is 10.7. The second-order valence-electron chi connectivity index (χ2n) is 10.7. The molecule has 0 atom stereocenters. The van der Waals surface area contributed by atoms with E-state index in [1.54, 1.807) is 0 Å². The van der Waals surface area contributed by atoms with Crippen molar-refractivity contribution in [2.24, 2.45) is 0 Å². The normalized spacial score (nSPS) is 13.5. The Morgan fingerprint density at radius 1 is 0.500 bits per heavy atom. The summed E-state index contributed by atoms with van der Waals surface area (Å²) >= 11 is 0. The quantitative estimate of drug-likeness (QED) is 0.620. The lowest BCUT2D eigenvalue weighted by atomic mass is 9.92. The molecule has 7 heteroatoms. The molecule has 1 radical (unpaired) electrons. The van der Waals surface area contributed by atoms with Gasteiger partial charge < -0.3 is 13.4 Å². The molecule has 0 saturated heterocycles. The van der Waals surface area contributed by atoms with E-state index in [0.717, 1.165) is 0 Å². The highest BCUT2D eigenvalue weighted by Crippen LogP contribution is 2.13. The maximum Gasteiger partial charge on any atom is 0.582 e. The number of imidazole rings is 3. The van der Waals surface area contributed by atoms with E-state index in [-0.39, 0.29) is 23.7 Å². The predicted octanol–water partition coefficient (Wildman–Crippen LogP) is 2.15. The third-order valence-corrected chi connectivity index (χ3v) is 5.10. The lowest BCUT2D eigenvalue weighted by Gasteiger charge is -2.18. The van der Waals surface area contributed by atoms with E-state index in [1.165, 1.54) is 0 Å². The van der Waals surface area contributed by atoms with Crippen molar-refractivity contribution in [1.29, 1.82) is 0 Å². The van der Waals surface area contributed by atoms with Gasteiger partial charge in [-0.3, -0.25) is 0 Å². The number of aromatic nitrogens is 6. The van der Waals surface area contributed by atoms with Gasteiger partial charge >= 0.3 is 7.12 Å². The van der Waals surface area contributed by atoms with Crippen LogP contribution in [0.3, 0.4) is 0 Å². The zero-order valence-electron chi connectivity index (χ0n) is 19.0. The van der Waals surface area contributed by atoms with Crippen LogP contribution in [0.2, 0.25) is 0 Å². The summed E-state index contributed by atoms with van der Waals surface area (Å²) in [7, 11) is -0.0178. The molecule has 0 spiro atoms. The molecule has 0 saturated carbocycles. The van der Waals surface area contributed by atoms with E-state index in [4.69, 9.17) is 0 Å². The molecule has 3 aromatic heterocycles. The van der Waals surface area contributed by atoms with Gasteiger partial charge in [0.25, 0.3) is 0 Å². The van der Waals surface area contributed by atoms with Crippen LogP contribution in [0.5, 0.6) is 0 Å². The van der Waals surface area contributed by atoms with Crippen LogP contribution in [0.4, 0.5) is 0 Å². The first-order chi connectivity index (χ1) is 12.8. The van der Waals surface area contributed by atoms with Gasteiger partial charge in [-0.1, -0.05) is 0 Å². The third-order valence-electron chi connectivity index (χ3n) is 5.10. The summed E-state index contributed by atoms with van der Waals surface area (Å²) in [4.78, 5) is 0. The molecule has 0 bridgehead atoms. The maximum atomic E-state index is 2.26. The lowest BCUT2D eigenvalue weighted by Crippen LogP contribution is -2.83. The fourth-order valence-electron chi connectivity index (χ4n) is 3.17. The minimum Gasteiger partial charge on any atom is -0.370 e. The monoisotopic (exact) mass is 383 g/mol. The van der Waals surface area contributed by atoms with Crippen molar-refractivity contribution in [3.63, 3.8) is 0 Å². The average molecular weight is 383 g/mol. The summed E-state index contributed by atoms with van der Waals surface area (Å²) < 4.78 is 13.5. The fourth-order valence-corrected chi connectivity index (χ4v) is 3.17. The van der Waals surface area contributed by atoms with Gasteiger partial charge in [0.2, 0.25) is 19.0 Å². The molecule has 3 aromatic rings. The van der Waals surface area contributed by atoms with E-state index in [2.05, 4.69) is 146 Å². The SMILES string of the molecule is CC(C)(C)n1cc[n+]([B-]([n+]2ccn(C(C)(C)C)c2)[n+]2ccn(C(C)(C)C)c2)c1. The Morgan fingerprint density at radius 2 is 0.750 bits per heavy atom. The Bertz CT molecular complexity index is 818. The molecule has 0 amide bonds. The van der Waals surface area contributed by atoms with Crippen molar-refractivity contribution in [1.82, 2.24) is 13.7 Å². The van der Waals surface area contributed by atoms with Gasteiger partial charge in [-0.15, -0.1) is 0 Å². The molecule has 0 aliphatic rings.